The Morgan fingerprint density at radius 3 is 3.04 bits per heavy atom. The molecule has 0 bridgehead atoms. The fourth-order valence-corrected chi connectivity index (χ4v) is 5.73. The molecule has 0 saturated heterocycles. The van der Waals surface area contributed by atoms with Crippen LogP contribution in [0.2, 0.25) is 0 Å². The summed E-state index contributed by atoms with van der Waals surface area (Å²) in [6.07, 6.45) is 7.11. The van der Waals surface area contributed by atoms with Gasteiger partial charge in [-0.3, -0.25) is 9.78 Å². The van der Waals surface area contributed by atoms with Gasteiger partial charge in [0, 0.05) is 23.6 Å². The zero-order valence-corrected chi connectivity index (χ0v) is 14.7. The smallest absolute Gasteiger partial charge is 0.221 e. The lowest BCUT2D eigenvalue weighted by Crippen LogP contribution is -2.07. The van der Waals surface area contributed by atoms with Crippen LogP contribution in [0.3, 0.4) is 0 Å². The van der Waals surface area contributed by atoms with Gasteiger partial charge in [0.2, 0.25) is 5.91 Å². The molecular weight excluding hydrogens is 326 g/mol. The first-order chi connectivity index (χ1) is 11.1. The van der Waals surface area contributed by atoms with E-state index in [1.165, 1.54) is 23.3 Å². The average molecular weight is 343 g/mol. The molecule has 1 amide bonds. The Morgan fingerprint density at radius 1 is 1.39 bits per heavy atom. The number of hydrogen-bond acceptors (Lipinski definition) is 5. The van der Waals surface area contributed by atoms with E-state index in [0.29, 0.717) is 5.92 Å². The highest BCUT2D eigenvalue weighted by molar-refractivity contribution is 7.22. The monoisotopic (exact) mass is 343 g/mol. The Morgan fingerprint density at radius 2 is 2.26 bits per heavy atom. The number of amides is 1. The van der Waals surface area contributed by atoms with Gasteiger partial charge in [0.05, 0.1) is 10.9 Å². The topological polar surface area (TPSA) is 54.9 Å². The highest BCUT2D eigenvalue weighted by Crippen LogP contribution is 2.49. The molecule has 4 rings (SSSR count). The van der Waals surface area contributed by atoms with Crippen molar-refractivity contribution in [2.24, 2.45) is 0 Å². The average Bonchev–Trinajstić information content (AvgIpc) is 3.07. The number of aromatic nitrogens is 2. The van der Waals surface area contributed by atoms with Gasteiger partial charge in [-0.2, -0.15) is 0 Å². The van der Waals surface area contributed by atoms with Gasteiger partial charge in [0.25, 0.3) is 0 Å². The van der Waals surface area contributed by atoms with Gasteiger partial charge in [-0.15, -0.1) is 22.7 Å². The number of nitrogens with one attached hydrogen (secondary N) is 1. The van der Waals surface area contributed by atoms with Gasteiger partial charge in [-0.25, -0.2) is 4.98 Å². The molecule has 1 N–H and O–H groups in total. The van der Waals surface area contributed by atoms with Crippen LogP contribution in [0.5, 0.6) is 0 Å². The lowest BCUT2D eigenvalue weighted by Gasteiger charge is -2.19. The Bertz CT molecular complexity index is 864. The predicted octanol–water partition coefficient (Wildman–Crippen LogP) is 4.82. The first-order valence-electron chi connectivity index (χ1n) is 7.77. The van der Waals surface area contributed by atoms with Crippen LogP contribution in [0.25, 0.3) is 20.8 Å². The lowest BCUT2D eigenvalue weighted by molar-refractivity contribution is -0.114. The predicted molar refractivity (Wildman–Crippen MR) is 96.4 cm³/mol. The standard InChI is InChI=1S/C17H17N3OS2/c1-9-4-3-5-13-14(9)15(16(23-13)19-10(2)21)17-20-11-8-18-7-6-12(11)22-17/h6-9H,3-5H2,1-2H3,(H,19,21). The molecule has 0 radical (unpaired) electrons. The molecule has 118 valence electrons. The minimum Gasteiger partial charge on any atom is -0.317 e. The molecule has 0 aliphatic heterocycles. The summed E-state index contributed by atoms with van der Waals surface area (Å²) in [5.74, 6) is 0.484. The number of fused-ring (bicyclic) bond motifs is 2. The lowest BCUT2D eigenvalue weighted by atomic mass is 9.86. The van der Waals surface area contributed by atoms with Crippen molar-refractivity contribution in [2.45, 2.75) is 39.0 Å². The molecule has 0 aromatic carbocycles. The maximum Gasteiger partial charge on any atom is 0.221 e. The third kappa shape index (κ3) is 2.56. The summed E-state index contributed by atoms with van der Waals surface area (Å²) in [7, 11) is 0. The number of thiazole rings is 1. The summed E-state index contributed by atoms with van der Waals surface area (Å²) in [5, 5.41) is 4.96. The zero-order valence-electron chi connectivity index (χ0n) is 13.0. The van der Waals surface area contributed by atoms with Crippen molar-refractivity contribution in [1.82, 2.24) is 9.97 Å². The SMILES string of the molecule is CC(=O)Nc1sc2c(c1-c1nc3cnccc3s1)C(C)CCC2. The van der Waals surface area contributed by atoms with Crippen LogP contribution >= 0.6 is 22.7 Å². The van der Waals surface area contributed by atoms with Gasteiger partial charge in [0.1, 0.15) is 15.5 Å². The van der Waals surface area contributed by atoms with Gasteiger partial charge in [-0.1, -0.05) is 6.92 Å². The summed E-state index contributed by atoms with van der Waals surface area (Å²) >= 11 is 3.39. The number of carbonyl (C=O) groups excluding carboxylic acids is 1. The van der Waals surface area contributed by atoms with Crippen LogP contribution in [0.4, 0.5) is 5.00 Å². The van der Waals surface area contributed by atoms with Gasteiger partial charge in [0.15, 0.2) is 0 Å². The van der Waals surface area contributed by atoms with Crippen LogP contribution in [-0.2, 0) is 11.2 Å². The van der Waals surface area contributed by atoms with Crippen LogP contribution in [0.1, 0.15) is 43.0 Å². The van der Waals surface area contributed by atoms with Crippen molar-refractivity contribution in [3.8, 4) is 10.6 Å². The fourth-order valence-electron chi connectivity index (χ4n) is 3.26. The van der Waals surface area contributed by atoms with Crippen molar-refractivity contribution < 1.29 is 4.79 Å². The van der Waals surface area contributed by atoms with E-state index < -0.39 is 0 Å². The Labute approximate surface area is 142 Å². The molecular formula is C17H17N3OS2. The highest BCUT2D eigenvalue weighted by Gasteiger charge is 2.28. The van der Waals surface area contributed by atoms with E-state index in [1.54, 1.807) is 42.0 Å². The second-order valence-corrected chi connectivity index (χ2v) is 8.12. The molecule has 0 saturated carbocycles. The molecule has 4 nitrogen and oxygen atoms in total. The maximum atomic E-state index is 11.6. The Balaban J connectivity index is 1.94. The molecule has 3 heterocycles. The van der Waals surface area contributed by atoms with E-state index in [0.717, 1.165) is 32.2 Å². The molecule has 0 spiro atoms. The van der Waals surface area contributed by atoms with Crippen molar-refractivity contribution >= 4 is 43.8 Å². The summed E-state index contributed by atoms with van der Waals surface area (Å²) < 4.78 is 1.13. The fraction of sp³-hybridized carbons (Fsp3) is 0.353. The number of pyridine rings is 1. The quantitative estimate of drug-likeness (QED) is 0.726. The molecule has 1 atom stereocenters. The minimum absolute atomic E-state index is 0.0275. The van der Waals surface area contributed by atoms with Crippen LogP contribution in [-0.4, -0.2) is 15.9 Å². The van der Waals surface area contributed by atoms with Crippen LogP contribution < -0.4 is 5.32 Å². The van der Waals surface area contributed by atoms with Crippen LogP contribution in [0, 0.1) is 0 Å². The minimum atomic E-state index is -0.0275. The molecule has 3 aromatic heterocycles. The van der Waals surface area contributed by atoms with Crippen molar-refractivity contribution in [1.29, 1.82) is 0 Å². The summed E-state index contributed by atoms with van der Waals surface area (Å²) in [6.45, 7) is 3.84. The molecule has 1 aliphatic carbocycles. The molecule has 3 aromatic rings. The second-order valence-electron chi connectivity index (χ2n) is 5.98. The Kier molecular flexibility index (Phi) is 3.66. The van der Waals surface area contributed by atoms with E-state index in [1.807, 2.05) is 6.07 Å². The van der Waals surface area contributed by atoms with E-state index in [-0.39, 0.29) is 5.91 Å². The van der Waals surface area contributed by atoms with Gasteiger partial charge >= 0.3 is 0 Å². The van der Waals surface area contributed by atoms with E-state index in [2.05, 4.69) is 17.2 Å². The normalized spacial score (nSPS) is 17.2. The summed E-state index contributed by atoms with van der Waals surface area (Å²) in [5.41, 5.74) is 3.44. The summed E-state index contributed by atoms with van der Waals surface area (Å²) in [4.78, 5) is 22.0. The largest absolute Gasteiger partial charge is 0.317 e. The number of aryl methyl sites for hydroxylation is 1. The molecule has 1 aliphatic rings. The number of anilines is 1. The maximum absolute atomic E-state index is 11.6. The molecule has 0 fully saturated rings. The second kappa shape index (κ2) is 5.69. The van der Waals surface area contributed by atoms with E-state index in [4.69, 9.17) is 4.98 Å². The van der Waals surface area contributed by atoms with Crippen LogP contribution in [0.15, 0.2) is 18.5 Å². The molecule has 23 heavy (non-hydrogen) atoms. The third-order valence-electron chi connectivity index (χ3n) is 4.25. The van der Waals surface area contributed by atoms with Gasteiger partial charge in [-0.05, 0) is 36.8 Å². The first-order valence-corrected chi connectivity index (χ1v) is 9.41. The Hall–Kier alpha value is -1.79. The van der Waals surface area contributed by atoms with Crippen molar-refractivity contribution in [3.63, 3.8) is 0 Å². The summed E-state index contributed by atoms with van der Waals surface area (Å²) in [6, 6.07) is 2.00. The highest BCUT2D eigenvalue weighted by atomic mass is 32.1. The first kappa shape index (κ1) is 14.8. The number of nitrogens with zero attached hydrogens (tertiary/aromatic N) is 2. The van der Waals surface area contributed by atoms with Crippen molar-refractivity contribution in [3.05, 3.63) is 28.9 Å². The van der Waals surface area contributed by atoms with E-state index in [9.17, 15) is 4.79 Å². The van der Waals surface area contributed by atoms with E-state index >= 15 is 0 Å². The van der Waals surface area contributed by atoms with Crippen molar-refractivity contribution in [2.75, 3.05) is 5.32 Å². The number of carbonyl (C=O) groups is 1. The zero-order chi connectivity index (χ0) is 16.0. The number of thiophene rings is 1. The number of rotatable bonds is 2. The third-order valence-corrected chi connectivity index (χ3v) is 6.48. The number of hydrogen-bond donors (Lipinski definition) is 1. The van der Waals surface area contributed by atoms with Gasteiger partial charge < -0.3 is 5.32 Å². The molecule has 6 heteroatoms. The molecule has 1 unspecified atom stereocenters.